The van der Waals surface area contributed by atoms with Crippen molar-refractivity contribution in [3.63, 3.8) is 0 Å². The molecule has 0 radical (unpaired) electrons. The summed E-state index contributed by atoms with van der Waals surface area (Å²) in [4.78, 5) is 30.9. The summed E-state index contributed by atoms with van der Waals surface area (Å²) in [6.07, 6.45) is 5.60. The van der Waals surface area contributed by atoms with Gasteiger partial charge in [-0.15, -0.1) is 0 Å². The van der Waals surface area contributed by atoms with Gasteiger partial charge >= 0.3 is 0 Å². The van der Waals surface area contributed by atoms with Crippen molar-refractivity contribution >= 4 is 17.6 Å². The first-order valence-electron chi connectivity index (χ1n) is 9.16. The molecule has 2 N–H and O–H groups in total. The average Bonchev–Trinajstić information content (AvgIpc) is 3.38. The molecule has 1 aromatic heterocycles. The smallest absolute Gasteiger partial charge is 0.253 e. The van der Waals surface area contributed by atoms with Crippen LogP contribution in [0.1, 0.15) is 56.8 Å². The number of nitrogens with zero attached hydrogens (tertiary/aromatic N) is 2. The van der Waals surface area contributed by atoms with Crippen LogP contribution in [0.4, 0.5) is 5.82 Å². The molecule has 0 spiro atoms. The molecule has 25 heavy (non-hydrogen) atoms. The first-order valence-corrected chi connectivity index (χ1v) is 9.16. The number of aromatic nitrogens is 1. The number of carbonyl (C=O) groups is 2. The highest BCUT2D eigenvalue weighted by atomic mass is 16.2. The summed E-state index contributed by atoms with van der Waals surface area (Å²) in [5, 5.41) is 6.38. The molecule has 0 atom stereocenters. The van der Waals surface area contributed by atoms with Crippen LogP contribution in [0.2, 0.25) is 0 Å². The Morgan fingerprint density at radius 3 is 2.28 bits per heavy atom. The lowest BCUT2D eigenvalue weighted by atomic mass is 9.93. The molecule has 2 amide bonds. The highest BCUT2D eigenvalue weighted by Crippen LogP contribution is 2.24. The number of nitrogens with one attached hydrogen (secondary N) is 2. The summed E-state index contributed by atoms with van der Waals surface area (Å²) in [7, 11) is 0. The molecule has 0 unspecified atom stereocenters. The number of hydrogen-bond donors (Lipinski definition) is 2. The highest BCUT2D eigenvalue weighted by Gasteiger charge is 2.30. The SMILES string of the molecule is CC(C)(C)C(=O)N1CCC(NC(=O)c2ccc(NC3CC3)nc2)CC1. The van der Waals surface area contributed by atoms with Crippen molar-refractivity contribution in [3.05, 3.63) is 23.9 Å². The number of anilines is 1. The Labute approximate surface area is 149 Å². The quantitative estimate of drug-likeness (QED) is 0.880. The molecule has 1 aromatic rings. The van der Waals surface area contributed by atoms with E-state index in [2.05, 4.69) is 15.6 Å². The van der Waals surface area contributed by atoms with Gasteiger partial charge in [-0.3, -0.25) is 9.59 Å². The summed E-state index contributed by atoms with van der Waals surface area (Å²) < 4.78 is 0. The Kier molecular flexibility index (Phi) is 4.97. The van der Waals surface area contributed by atoms with E-state index in [4.69, 9.17) is 0 Å². The predicted octanol–water partition coefficient (Wildman–Crippen LogP) is 2.42. The fraction of sp³-hybridized carbons (Fsp3) is 0.632. The number of hydrogen-bond acceptors (Lipinski definition) is 4. The van der Waals surface area contributed by atoms with Crippen LogP contribution in [0, 0.1) is 5.41 Å². The fourth-order valence-electron chi connectivity index (χ4n) is 3.02. The third-order valence-electron chi connectivity index (χ3n) is 4.71. The monoisotopic (exact) mass is 344 g/mol. The van der Waals surface area contributed by atoms with E-state index in [0.29, 0.717) is 24.7 Å². The minimum atomic E-state index is -0.349. The number of pyridine rings is 1. The summed E-state index contributed by atoms with van der Waals surface area (Å²) in [6.45, 7) is 7.22. The van der Waals surface area contributed by atoms with Gasteiger partial charge < -0.3 is 15.5 Å². The molecule has 2 heterocycles. The second kappa shape index (κ2) is 7.02. The van der Waals surface area contributed by atoms with Gasteiger partial charge in [-0.1, -0.05) is 20.8 Å². The molecule has 2 fully saturated rings. The molecule has 6 heteroatoms. The first kappa shape index (κ1) is 17.7. The van der Waals surface area contributed by atoms with Crippen LogP contribution in [0.3, 0.4) is 0 Å². The minimum absolute atomic E-state index is 0.0916. The third-order valence-corrected chi connectivity index (χ3v) is 4.71. The Bertz CT molecular complexity index is 624. The zero-order valence-corrected chi connectivity index (χ0v) is 15.3. The molecule has 0 aromatic carbocycles. The Morgan fingerprint density at radius 1 is 1.08 bits per heavy atom. The third kappa shape index (κ3) is 4.71. The van der Waals surface area contributed by atoms with Crippen molar-refractivity contribution in [2.75, 3.05) is 18.4 Å². The average molecular weight is 344 g/mol. The van der Waals surface area contributed by atoms with Crippen molar-refractivity contribution in [1.82, 2.24) is 15.2 Å². The van der Waals surface area contributed by atoms with Gasteiger partial charge in [0.15, 0.2) is 0 Å². The lowest BCUT2D eigenvalue weighted by Crippen LogP contribution is -2.49. The van der Waals surface area contributed by atoms with E-state index >= 15 is 0 Å². The summed E-state index contributed by atoms with van der Waals surface area (Å²) in [5.74, 6) is 0.916. The first-order chi connectivity index (χ1) is 11.8. The van der Waals surface area contributed by atoms with Gasteiger partial charge in [-0.05, 0) is 37.8 Å². The van der Waals surface area contributed by atoms with E-state index in [9.17, 15) is 9.59 Å². The standard InChI is InChI=1S/C19H28N4O2/c1-19(2,3)18(25)23-10-8-15(9-11-23)22-17(24)13-4-7-16(20-12-13)21-14-5-6-14/h4,7,12,14-15H,5-6,8-11H2,1-3H3,(H,20,21)(H,22,24). The van der Waals surface area contributed by atoms with Crippen molar-refractivity contribution in [2.45, 2.75) is 58.5 Å². The zero-order chi connectivity index (χ0) is 18.0. The second-order valence-corrected chi connectivity index (χ2v) is 8.14. The van der Waals surface area contributed by atoms with Crippen LogP contribution in [-0.2, 0) is 4.79 Å². The largest absolute Gasteiger partial charge is 0.367 e. The van der Waals surface area contributed by atoms with Crippen molar-refractivity contribution < 1.29 is 9.59 Å². The molecular formula is C19H28N4O2. The Morgan fingerprint density at radius 2 is 1.76 bits per heavy atom. The van der Waals surface area contributed by atoms with Crippen LogP contribution in [0.25, 0.3) is 0 Å². The molecule has 136 valence electrons. The zero-order valence-electron chi connectivity index (χ0n) is 15.3. The van der Waals surface area contributed by atoms with Gasteiger partial charge in [0.2, 0.25) is 5.91 Å². The lowest BCUT2D eigenvalue weighted by molar-refractivity contribution is -0.140. The molecule has 1 aliphatic heterocycles. The molecule has 1 saturated carbocycles. The fourth-order valence-corrected chi connectivity index (χ4v) is 3.02. The topological polar surface area (TPSA) is 74.3 Å². The van der Waals surface area contributed by atoms with E-state index in [0.717, 1.165) is 18.7 Å². The molecule has 2 aliphatic rings. The predicted molar refractivity (Wildman–Crippen MR) is 97.4 cm³/mol. The molecule has 6 nitrogen and oxygen atoms in total. The molecule has 0 bridgehead atoms. The van der Waals surface area contributed by atoms with Crippen molar-refractivity contribution in [3.8, 4) is 0 Å². The number of carbonyl (C=O) groups excluding carboxylic acids is 2. The van der Waals surface area contributed by atoms with Gasteiger partial charge in [0.05, 0.1) is 5.56 Å². The summed E-state index contributed by atoms with van der Waals surface area (Å²) in [6, 6.07) is 4.33. The maximum Gasteiger partial charge on any atom is 0.253 e. The van der Waals surface area contributed by atoms with Crippen molar-refractivity contribution in [2.24, 2.45) is 5.41 Å². The van der Waals surface area contributed by atoms with Crippen LogP contribution in [0.15, 0.2) is 18.3 Å². The minimum Gasteiger partial charge on any atom is -0.367 e. The molecule has 1 saturated heterocycles. The van der Waals surface area contributed by atoms with E-state index in [-0.39, 0.29) is 23.3 Å². The highest BCUT2D eigenvalue weighted by molar-refractivity contribution is 5.94. The molecular weight excluding hydrogens is 316 g/mol. The van der Waals surface area contributed by atoms with E-state index in [1.165, 1.54) is 12.8 Å². The second-order valence-electron chi connectivity index (χ2n) is 8.14. The van der Waals surface area contributed by atoms with E-state index < -0.39 is 0 Å². The maximum atomic E-state index is 12.4. The van der Waals surface area contributed by atoms with Crippen LogP contribution in [-0.4, -0.2) is 46.9 Å². The lowest BCUT2D eigenvalue weighted by Gasteiger charge is -2.36. The van der Waals surface area contributed by atoms with Gasteiger partial charge in [-0.2, -0.15) is 0 Å². The maximum absolute atomic E-state index is 12.4. The van der Waals surface area contributed by atoms with Gasteiger partial charge in [0.1, 0.15) is 5.82 Å². The normalized spacial score (nSPS) is 18.8. The van der Waals surface area contributed by atoms with Crippen LogP contribution >= 0.6 is 0 Å². The molecule has 3 rings (SSSR count). The van der Waals surface area contributed by atoms with E-state index in [1.807, 2.05) is 37.8 Å². The Balaban J connectivity index is 1.48. The van der Waals surface area contributed by atoms with Crippen LogP contribution < -0.4 is 10.6 Å². The van der Waals surface area contributed by atoms with Gasteiger partial charge in [-0.25, -0.2) is 4.98 Å². The molecule has 1 aliphatic carbocycles. The number of piperidine rings is 1. The number of amides is 2. The van der Waals surface area contributed by atoms with Crippen LogP contribution in [0.5, 0.6) is 0 Å². The summed E-state index contributed by atoms with van der Waals surface area (Å²) in [5.41, 5.74) is 0.229. The number of rotatable bonds is 4. The summed E-state index contributed by atoms with van der Waals surface area (Å²) >= 11 is 0. The Hall–Kier alpha value is -2.11. The number of likely N-dealkylation sites (tertiary alicyclic amines) is 1. The van der Waals surface area contributed by atoms with Gasteiger partial charge in [0.25, 0.3) is 5.91 Å². The van der Waals surface area contributed by atoms with E-state index in [1.54, 1.807) is 6.20 Å². The van der Waals surface area contributed by atoms with Gasteiger partial charge in [0, 0.05) is 36.8 Å². The van der Waals surface area contributed by atoms with Crippen molar-refractivity contribution in [1.29, 1.82) is 0 Å².